The quantitative estimate of drug-likeness (QED) is 0.546. The highest BCUT2D eigenvalue weighted by atomic mass is 16.6. The largest absolute Gasteiger partial charge is 0.497 e. The number of methoxy groups -OCH3 is 1. The minimum atomic E-state index is 0.521. The molecule has 0 radical (unpaired) electrons. The Hall–Kier alpha value is -1.51. The summed E-state index contributed by atoms with van der Waals surface area (Å²) < 4.78 is 5.06. The molecule has 1 fully saturated rings. The molecule has 3 nitrogen and oxygen atoms in total. The average molecular weight is 205 g/mol. The molecule has 3 heteroatoms. The van der Waals surface area contributed by atoms with Crippen LogP contribution in [-0.4, -0.2) is 13.3 Å². The first-order valence-corrected chi connectivity index (χ1v) is 5.17. The molecule has 0 N–H and O–H groups in total. The number of oxime groups is 1. The van der Waals surface area contributed by atoms with Crippen molar-refractivity contribution in [3.8, 4) is 5.75 Å². The molecular weight excluding hydrogens is 190 g/mol. The molecule has 0 atom stereocenters. The van der Waals surface area contributed by atoms with E-state index in [1.54, 1.807) is 7.11 Å². The highest BCUT2D eigenvalue weighted by Crippen LogP contribution is 2.26. The fourth-order valence-corrected chi connectivity index (χ4v) is 1.21. The second-order valence-corrected chi connectivity index (χ2v) is 3.71. The number of hydrogen-bond donors (Lipinski definition) is 0. The van der Waals surface area contributed by atoms with Crippen LogP contribution in [0, 0.1) is 5.92 Å². The third-order valence-corrected chi connectivity index (χ3v) is 2.36. The normalized spacial score (nSPS) is 15.5. The minimum Gasteiger partial charge on any atom is -0.497 e. The van der Waals surface area contributed by atoms with Crippen LogP contribution in [0.2, 0.25) is 0 Å². The third-order valence-electron chi connectivity index (χ3n) is 2.36. The Morgan fingerprint density at radius 3 is 2.67 bits per heavy atom. The summed E-state index contributed by atoms with van der Waals surface area (Å²) in [6.45, 7) is 0.521. The van der Waals surface area contributed by atoms with Crippen molar-refractivity contribution in [2.75, 3.05) is 7.11 Å². The summed E-state index contributed by atoms with van der Waals surface area (Å²) in [6.07, 6.45) is 4.41. The Morgan fingerprint density at radius 2 is 2.07 bits per heavy atom. The zero-order valence-electron chi connectivity index (χ0n) is 8.85. The fraction of sp³-hybridized carbons (Fsp3) is 0.417. The standard InChI is InChI=1S/C12H15NO2/c1-14-12-6-4-11(5-7-12)9-15-13-8-10-2-3-10/h4-8,10H,2-3,9H2,1H3. The Bertz CT molecular complexity index is 328. The molecule has 2 rings (SSSR count). The molecular formula is C12H15NO2. The van der Waals surface area contributed by atoms with E-state index in [4.69, 9.17) is 9.57 Å². The summed E-state index contributed by atoms with van der Waals surface area (Å²) in [5, 5.41) is 3.91. The molecule has 0 aromatic heterocycles. The van der Waals surface area contributed by atoms with Crippen LogP contribution in [0.3, 0.4) is 0 Å². The van der Waals surface area contributed by atoms with Crippen molar-refractivity contribution in [1.82, 2.24) is 0 Å². The molecule has 80 valence electrons. The van der Waals surface area contributed by atoms with E-state index in [0.29, 0.717) is 12.5 Å². The van der Waals surface area contributed by atoms with Crippen LogP contribution < -0.4 is 4.74 Å². The summed E-state index contributed by atoms with van der Waals surface area (Å²) in [4.78, 5) is 5.17. The van der Waals surface area contributed by atoms with Gasteiger partial charge in [-0.1, -0.05) is 17.3 Å². The minimum absolute atomic E-state index is 0.521. The monoisotopic (exact) mass is 205 g/mol. The topological polar surface area (TPSA) is 30.8 Å². The molecule has 0 aliphatic heterocycles. The van der Waals surface area contributed by atoms with Gasteiger partial charge in [-0.05, 0) is 36.5 Å². The van der Waals surface area contributed by atoms with Gasteiger partial charge in [0.2, 0.25) is 0 Å². The van der Waals surface area contributed by atoms with Crippen molar-refractivity contribution in [2.45, 2.75) is 19.4 Å². The van der Waals surface area contributed by atoms with Crippen molar-refractivity contribution in [2.24, 2.45) is 11.1 Å². The van der Waals surface area contributed by atoms with Crippen LogP contribution >= 0.6 is 0 Å². The van der Waals surface area contributed by atoms with Crippen molar-refractivity contribution >= 4 is 6.21 Å². The summed E-state index contributed by atoms with van der Waals surface area (Å²) in [5.74, 6) is 1.53. The van der Waals surface area contributed by atoms with E-state index in [0.717, 1.165) is 11.3 Å². The molecule has 0 amide bonds. The Kier molecular flexibility index (Phi) is 3.22. The fourth-order valence-electron chi connectivity index (χ4n) is 1.21. The zero-order chi connectivity index (χ0) is 10.5. The predicted octanol–water partition coefficient (Wildman–Crippen LogP) is 2.61. The molecule has 1 aliphatic rings. The number of rotatable bonds is 5. The van der Waals surface area contributed by atoms with E-state index < -0.39 is 0 Å². The maximum Gasteiger partial charge on any atom is 0.142 e. The summed E-state index contributed by atoms with van der Waals surface area (Å²) in [7, 11) is 1.66. The molecule has 0 heterocycles. The number of nitrogens with zero attached hydrogens (tertiary/aromatic N) is 1. The van der Waals surface area contributed by atoms with Gasteiger partial charge in [-0.3, -0.25) is 0 Å². The number of hydrogen-bond acceptors (Lipinski definition) is 3. The van der Waals surface area contributed by atoms with Gasteiger partial charge >= 0.3 is 0 Å². The van der Waals surface area contributed by atoms with Crippen LogP contribution in [0.5, 0.6) is 5.75 Å². The van der Waals surface area contributed by atoms with E-state index >= 15 is 0 Å². The first kappa shape index (κ1) is 10.0. The molecule has 1 aromatic carbocycles. The van der Waals surface area contributed by atoms with E-state index in [2.05, 4.69) is 5.16 Å². The predicted molar refractivity (Wildman–Crippen MR) is 59.0 cm³/mol. The number of benzene rings is 1. The lowest BCUT2D eigenvalue weighted by molar-refractivity contribution is 0.131. The smallest absolute Gasteiger partial charge is 0.142 e. The second-order valence-electron chi connectivity index (χ2n) is 3.71. The van der Waals surface area contributed by atoms with Gasteiger partial charge in [-0.15, -0.1) is 0 Å². The average Bonchev–Trinajstić information content (AvgIpc) is 3.09. The molecule has 0 unspecified atom stereocenters. The molecule has 1 aromatic rings. The molecule has 0 saturated heterocycles. The van der Waals surface area contributed by atoms with E-state index in [-0.39, 0.29) is 0 Å². The lowest BCUT2D eigenvalue weighted by Crippen LogP contribution is -1.89. The highest BCUT2D eigenvalue weighted by Gasteiger charge is 2.18. The van der Waals surface area contributed by atoms with Gasteiger partial charge < -0.3 is 9.57 Å². The first-order chi connectivity index (χ1) is 7.38. The lowest BCUT2D eigenvalue weighted by Gasteiger charge is -2.01. The van der Waals surface area contributed by atoms with Crippen LogP contribution in [-0.2, 0) is 11.4 Å². The van der Waals surface area contributed by atoms with Crippen molar-refractivity contribution in [1.29, 1.82) is 0 Å². The third kappa shape index (κ3) is 3.27. The Labute approximate surface area is 89.7 Å². The van der Waals surface area contributed by atoms with Crippen molar-refractivity contribution in [3.05, 3.63) is 29.8 Å². The van der Waals surface area contributed by atoms with E-state index in [9.17, 15) is 0 Å². The summed E-state index contributed by atoms with van der Waals surface area (Å²) >= 11 is 0. The Balaban J connectivity index is 1.77. The van der Waals surface area contributed by atoms with Crippen molar-refractivity contribution in [3.63, 3.8) is 0 Å². The molecule has 0 bridgehead atoms. The van der Waals surface area contributed by atoms with Gasteiger partial charge in [-0.25, -0.2) is 0 Å². The van der Waals surface area contributed by atoms with E-state index in [1.165, 1.54) is 12.8 Å². The molecule has 0 spiro atoms. The van der Waals surface area contributed by atoms with E-state index in [1.807, 2.05) is 30.5 Å². The van der Waals surface area contributed by atoms with Crippen LogP contribution in [0.4, 0.5) is 0 Å². The summed E-state index contributed by atoms with van der Waals surface area (Å²) in [5.41, 5.74) is 1.10. The van der Waals surface area contributed by atoms with Gasteiger partial charge in [0.15, 0.2) is 0 Å². The lowest BCUT2D eigenvalue weighted by atomic mass is 10.2. The van der Waals surface area contributed by atoms with Crippen LogP contribution in [0.1, 0.15) is 18.4 Å². The van der Waals surface area contributed by atoms with Crippen LogP contribution in [0.25, 0.3) is 0 Å². The molecule has 1 aliphatic carbocycles. The van der Waals surface area contributed by atoms with Crippen LogP contribution in [0.15, 0.2) is 29.4 Å². The van der Waals surface area contributed by atoms with Gasteiger partial charge in [0, 0.05) is 6.21 Å². The first-order valence-electron chi connectivity index (χ1n) is 5.17. The molecule has 1 saturated carbocycles. The zero-order valence-corrected chi connectivity index (χ0v) is 8.85. The highest BCUT2D eigenvalue weighted by molar-refractivity contribution is 5.62. The van der Waals surface area contributed by atoms with Gasteiger partial charge in [0.1, 0.15) is 12.4 Å². The van der Waals surface area contributed by atoms with Gasteiger partial charge in [0.25, 0.3) is 0 Å². The maximum atomic E-state index is 5.17. The van der Waals surface area contributed by atoms with Crippen molar-refractivity contribution < 1.29 is 9.57 Å². The summed E-state index contributed by atoms with van der Waals surface area (Å²) in [6, 6.07) is 7.80. The van der Waals surface area contributed by atoms with Gasteiger partial charge in [-0.2, -0.15) is 0 Å². The maximum absolute atomic E-state index is 5.17. The second kappa shape index (κ2) is 4.82. The number of ether oxygens (including phenoxy) is 1. The molecule has 15 heavy (non-hydrogen) atoms. The van der Waals surface area contributed by atoms with Gasteiger partial charge in [0.05, 0.1) is 7.11 Å². The SMILES string of the molecule is COc1ccc(CON=CC2CC2)cc1. The Morgan fingerprint density at radius 1 is 1.33 bits per heavy atom.